The number of imidazole rings is 2. The third kappa shape index (κ3) is 4.29. The molecule has 8 aromatic carbocycles. The zero-order valence-electron chi connectivity index (χ0n) is 38.8. The summed E-state index contributed by atoms with van der Waals surface area (Å²) in [6.45, 7) is 14.0. The molecule has 0 spiro atoms. The molecule has 0 aliphatic carbocycles. The van der Waals surface area contributed by atoms with Gasteiger partial charge in [0.1, 0.15) is 22.5 Å². The predicted octanol–water partition coefficient (Wildman–Crippen LogP) is 14.4. The molecule has 0 bridgehead atoms. The first-order chi connectivity index (χ1) is 33.3. The lowest BCUT2D eigenvalue weighted by Crippen LogP contribution is -2.59. The van der Waals surface area contributed by atoms with Gasteiger partial charge in [-0.05, 0) is 123 Å². The molecule has 0 saturated carbocycles. The van der Waals surface area contributed by atoms with Crippen LogP contribution in [0.2, 0.25) is 0 Å². The molecule has 0 amide bonds. The van der Waals surface area contributed by atoms with Gasteiger partial charge in [0.25, 0.3) is 6.71 Å². The van der Waals surface area contributed by atoms with Crippen LogP contribution in [0.3, 0.4) is 0 Å². The molecular weight excluding hydrogens is 832 g/mol. The molecule has 2 aliphatic rings. The van der Waals surface area contributed by atoms with Crippen LogP contribution in [0.1, 0.15) is 76.0 Å². The number of rotatable bonds is 4. The summed E-state index contributed by atoms with van der Waals surface area (Å²) >= 11 is 0. The van der Waals surface area contributed by atoms with Gasteiger partial charge in [0.2, 0.25) is 0 Å². The van der Waals surface area contributed by atoms with E-state index in [1.165, 1.54) is 88.7 Å². The molecule has 0 N–H and O–H groups in total. The van der Waals surface area contributed by atoms with Gasteiger partial charge in [0.05, 0.1) is 33.1 Å². The van der Waals surface area contributed by atoms with E-state index in [1.807, 2.05) is 0 Å². The highest BCUT2D eigenvalue weighted by molar-refractivity contribution is 7.02. The summed E-state index contributed by atoms with van der Waals surface area (Å²) in [6, 6.07) is 54.5. The van der Waals surface area contributed by atoms with Gasteiger partial charge in [-0.25, -0.2) is 0 Å². The quantitative estimate of drug-likeness (QED) is 0.165. The molecule has 0 fully saturated rings. The van der Waals surface area contributed by atoms with Gasteiger partial charge in [-0.3, -0.25) is 17.9 Å². The molecule has 0 atom stereocenters. The van der Waals surface area contributed by atoms with Crippen molar-refractivity contribution in [1.82, 2.24) is 17.9 Å². The Balaban J connectivity index is 1.17. The SMILES string of the molecule is CC(C)c1cc(C(C)C)c(-c2cc3c4c(c2)-n2c5ccccc5n5c6c(ccc7c8ccccc8oc76)c(c25)B4c2c4ccc5c6ccccc6oc5c4n4c5ccccc5n-3c24)c(C(C)C)c1. The Morgan fingerprint density at radius 3 is 1.29 bits per heavy atom. The molecule has 8 heterocycles. The molecule has 14 aromatic rings. The van der Waals surface area contributed by atoms with Crippen LogP contribution in [0.4, 0.5) is 0 Å². The van der Waals surface area contributed by atoms with Crippen molar-refractivity contribution in [3.05, 3.63) is 162 Å². The topological polar surface area (TPSA) is 45.0 Å². The third-order valence-corrected chi connectivity index (χ3v) is 16.0. The normalized spacial score (nSPS) is 13.5. The van der Waals surface area contributed by atoms with Crippen molar-refractivity contribution in [2.45, 2.75) is 59.3 Å². The maximum atomic E-state index is 7.00. The minimum Gasteiger partial charge on any atom is -0.454 e. The zero-order valence-corrected chi connectivity index (χ0v) is 38.8. The maximum absolute atomic E-state index is 7.00. The van der Waals surface area contributed by atoms with Crippen molar-refractivity contribution in [2.75, 3.05) is 0 Å². The van der Waals surface area contributed by atoms with E-state index < -0.39 is 0 Å². The Kier molecular flexibility index (Phi) is 6.87. The van der Waals surface area contributed by atoms with Gasteiger partial charge in [-0.15, -0.1) is 0 Å². The van der Waals surface area contributed by atoms with Crippen molar-refractivity contribution >= 4 is 122 Å². The van der Waals surface area contributed by atoms with Gasteiger partial charge in [0.15, 0.2) is 11.2 Å². The van der Waals surface area contributed by atoms with Gasteiger partial charge >= 0.3 is 0 Å². The second-order valence-corrected chi connectivity index (χ2v) is 20.6. The van der Waals surface area contributed by atoms with E-state index >= 15 is 0 Å². The second kappa shape index (κ2) is 12.5. The van der Waals surface area contributed by atoms with Crippen molar-refractivity contribution in [3.63, 3.8) is 0 Å². The number of hydrogen-bond donors (Lipinski definition) is 0. The Morgan fingerprint density at radius 1 is 0.412 bits per heavy atom. The van der Waals surface area contributed by atoms with Crippen molar-refractivity contribution in [1.29, 1.82) is 0 Å². The van der Waals surface area contributed by atoms with E-state index in [-0.39, 0.29) is 6.71 Å². The lowest BCUT2D eigenvalue weighted by molar-refractivity contribution is 0.671. The van der Waals surface area contributed by atoms with Crippen LogP contribution in [-0.2, 0) is 0 Å². The van der Waals surface area contributed by atoms with E-state index in [9.17, 15) is 0 Å². The Bertz CT molecular complexity index is 4330. The third-order valence-electron chi connectivity index (χ3n) is 16.0. The summed E-state index contributed by atoms with van der Waals surface area (Å²) in [7, 11) is 0. The van der Waals surface area contributed by atoms with Crippen LogP contribution in [-0.4, -0.2) is 24.6 Å². The summed E-state index contributed by atoms with van der Waals surface area (Å²) in [6.07, 6.45) is 0. The smallest absolute Gasteiger partial charge is 0.258 e. The molecule has 68 heavy (non-hydrogen) atoms. The lowest BCUT2D eigenvalue weighted by atomic mass is 9.34. The molecule has 6 aromatic heterocycles. The van der Waals surface area contributed by atoms with Crippen molar-refractivity contribution in [2.24, 2.45) is 0 Å². The second-order valence-electron chi connectivity index (χ2n) is 20.6. The average molecular weight is 877 g/mol. The monoisotopic (exact) mass is 876 g/mol. The maximum Gasteiger partial charge on any atom is 0.258 e. The van der Waals surface area contributed by atoms with Gasteiger partial charge in [-0.2, -0.15) is 0 Å². The van der Waals surface area contributed by atoms with Gasteiger partial charge < -0.3 is 8.83 Å². The first-order valence-corrected chi connectivity index (χ1v) is 24.4. The summed E-state index contributed by atoms with van der Waals surface area (Å²) in [5, 5.41) is 6.97. The average Bonchev–Trinajstić information content (AvgIpc) is 4.20. The largest absolute Gasteiger partial charge is 0.454 e. The molecule has 16 rings (SSSR count). The minimum atomic E-state index is -0.121. The number of furan rings is 2. The fourth-order valence-electron chi connectivity index (χ4n) is 13.2. The Hall–Kier alpha value is -7.90. The van der Waals surface area contributed by atoms with Crippen LogP contribution in [0.5, 0.6) is 0 Å². The van der Waals surface area contributed by atoms with Gasteiger partial charge in [-0.1, -0.05) is 126 Å². The minimum absolute atomic E-state index is 0.121. The highest BCUT2D eigenvalue weighted by atomic mass is 16.3. The molecule has 0 unspecified atom stereocenters. The molecule has 6 nitrogen and oxygen atoms in total. The van der Waals surface area contributed by atoms with Crippen LogP contribution < -0.4 is 16.4 Å². The number of aromatic nitrogens is 4. The first kappa shape index (κ1) is 37.2. The van der Waals surface area contributed by atoms with Crippen molar-refractivity contribution < 1.29 is 8.83 Å². The molecule has 0 saturated heterocycles. The molecule has 324 valence electrons. The van der Waals surface area contributed by atoms with Crippen molar-refractivity contribution in [3.8, 4) is 22.5 Å². The highest BCUT2D eigenvalue weighted by Crippen LogP contribution is 2.47. The van der Waals surface area contributed by atoms with Crippen LogP contribution in [0, 0.1) is 0 Å². The molecular formula is C61H45BN4O2. The standard InChI is InChI=1S/C61H45BN4O2/c1-31(2)34-27-42(32(3)4)52(43(28-34)33(5)6)35-29-48-55-49(30-35)64-45-18-10-12-20-47(45)66-57-41(26-24-39-37-16-8-14-22-51(37)68-59(39)57)54(61(64)66)62(55)53-40-25-23-38-36-15-7-13-21-50(36)67-58(38)56(40)65-46-19-11-9-17-44(46)63(48)60(53)65/h7-33H,1-6H3. The summed E-state index contributed by atoms with van der Waals surface area (Å²) < 4.78 is 24.3. The summed E-state index contributed by atoms with van der Waals surface area (Å²) in [4.78, 5) is 0. The fraction of sp³-hybridized carbons (Fsp3) is 0.148. The number of hydrogen-bond acceptors (Lipinski definition) is 2. The number of benzene rings is 8. The first-order valence-electron chi connectivity index (χ1n) is 24.4. The lowest BCUT2D eigenvalue weighted by Gasteiger charge is -2.33. The molecule has 0 radical (unpaired) electrons. The Morgan fingerprint density at radius 2 is 0.838 bits per heavy atom. The molecule has 7 heteroatoms. The zero-order chi connectivity index (χ0) is 45.2. The summed E-state index contributed by atoms with van der Waals surface area (Å²) in [5.41, 5.74) is 26.2. The number of para-hydroxylation sites is 6. The van der Waals surface area contributed by atoms with Gasteiger partial charge in [0, 0.05) is 43.7 Å². The van der Waals surface area contributed by atoms with E-state index in [0.717, 1.165) is 65.9 Å². The van der Waals surface area contributed by atoms with Crippen LogP contribution in [0.25, 0.3) is 122 Å². The summed E-state index contributed by atoms with van der Waals surface area (Å²) in [5.74, 6) is 1.06. The van der Waals surface area contributed by atoms with Crippen LogP contribution in [0.15, 0.2) is 154 Å². The molecule has 2 aliphatic heterocycles. The fourth-order valence-corrected chi connectivity index (χ4v) is 13.2. The predicted molar refractivity (Wildman–Crippen MR) is 284 cm³/mol. The van der Waals surface area contributed by atoms with E-state index in [2.05, 4.69) is 205 Å². The number of nitrogens with zero attached hydrogens (tertiary/aromatic N) is 4. The van der Waals surface area contributed by atoms with Crippen LogP contribution >= 0.6 is 0 Å². The van der Waals surface area contributed by atoms with E-state index in [0.29, 0.717) is 17.8 Å². The Labute approximate surface area is 391 Å². The van der Waals surface area contributed by atoms with E-state index in [4.69, 9.17) is 8.83 Å². The number of fused-ring (bicyclic) bond motifs is 24. The highest BCUT2D eigenvalue weighted by Gasteiger charge is 2.46. The van der Waals surface area contributed by atoms with E-state index in [1.54, 1.807) is 0 Å².